The highest BCUT2D eigenvalue weighted by Crippen LogP contribution is 2.39. The average Bonchev–Trinajstić information content (AvgIpc) is 2.75. The molecule has 0 aliphatic carbocycles. The zero-order valence-electron chi connectivity index (χ0n) is 13.8. The van der Waals surface area contributed by atoms with Crippen molar-refractivity contribution in [2.24, 2.45) is 4.99 Å². The lowest BCUT2D eigenvalue weighted by molar-refractivity contribution is -0.384. The van der Waals surface area contributed by atoms with Crippen molar-refractivity contribution in [1.82, 2.24) is 0 Å². The molecule has 1 aliphatic heterocycles. The summed E-state index contributed by atoms with van der Waals surface area (Å²) in [6.45, 7) is 1.75. The van der Waals surface area contributed by atoms with E-state index in [9.17, 15) is 14.9 Å². The van der Waals surface area contributed by atoms with E-state index in [-0.39, 0.29) is 16.7 Å². The van der Waals surface area contributed by atoms with E-state index < -0.39 is 4.92 Å². The van der Waals surface area contributed by atoms with Crippen molar-refractivity contribution < 1.29 is 9.34 Å². The van der Waals surface area contributed by atoms with Gasteiger partial charge in [-0.05, 0) is 30.7 Å². The van der Waals surface area contributed by atoms with Crippen molar-refractivity contribution in [3.05, 3.63) is 66.8 Å². The number of fused-ring (bicyclic) bond motifs is 3. The highest BCUT2D eigenvalue weighted by Gasteiger charge is 2.24. The molecule has 7 nitrogen and oxygen atoms in total. The number of nitro benzene ring substituents is 1. The third-order valence-corrected chi connectivity index (χ3v) is 4.85. The summed E-state index contributed by atoms with van der Waals surface area (Å²) in [5.41, 5.74) is 1.97. The van der Waals surface area contributed by atoms with Crippen LogP contribution in [0.4, 0.5) is 22.9 Å². The monoisotopic (exact) mass is 369 g/mol. The summed E-state index contributed by atoms with van der Waals surface area (Å²) in [5.74, 6) is 0.320. The molecule has 0 N–H and O–H groups in total. The molecule has 0 bridgehead atoms. The number of rotatable bonds is 1. The number of hydrogen-bond donors (Lipinski definition) is 0. The molecule has 0 radical (unpaired) electrons. The second kappa shape index (κ2) is 5.67. The molecule has 0 unspecified atom stereocenters. The van der Waals surface area contributed by atoms with E-state index in [4.69, 9.17) is 16.0 Å². The lowest BCUT2D eigenvalue weighted by atomic mass is 10.1. The number of aryl methyl sites for hydroxylation is 1. The van der Waals surface area contributed by atoms with Crippen LogP contribution in [0, 0.1) is 17.0 Å². The number of aliphatic imine (C=N–C) groups is 1. The lowest BCUT2D eigenvalue weighted by Gasteiger charge is -2.19. The standard InChI is InChI=1S/C18H12ClN3O4/c1-9-12(19)4-6-15-16(9)17(23)11-8-20-13-7-10(22(24)25)3-5-14(13)21(2)18(11)26-15/h3-8H,1-2H3. The summed E-state index contributed by atoms with van der Waals surface area (Å²) in [6, 6.07) is 7.66. The van der Waals surface area contributed by atoms with Gasteiger partial charge in [0.05, 0.1) is 21.7 Å². The second-order valence-electron chi connectivity index (χ2n) is 5.94. The van der Waals surface area contributed by atoms with Crippen molar-refractivity contribution in [1.29, 1.82) is 0 Å². The number of non-ortho nitro benzene ring substituents is 1. The SMILES string of the molecule is Cc1c(Cl)ccc2oc3c(c(=O)c12)C=Nc1cc([N+](=O)[O-])ccc1N3C. The Labute approximate surface area is 152 Å². The molecule has 8 heteroatoms. The Bertz CT molecular complexity index is 1180. The summed E-state index contributed by atoms with van der Waals surface area (Å²) in [5, 5.41) is 11.9. The van der Waals surface area contributed by atoms with Crippen molar-refractivity contribution in [2.75, 3.05) is 11.9 Å². The summed E-state index contributed by atoms with van der Waals surface area (Å²) >= 11 is 6.14. The maximum atomic E-state index is 13.0. The Kier molecular flexibility index (Phi) is 3.55. The summed E-state index contributed by atoms with van der Waals surface area (Å²) in [4.78, 5) is 29.5. The molecule has 0 saturated carbocycles. The zero-order valence-corrected chi connectivity index (χ0v) is 14.6. The quantitative estimate of drug-likeness (QED) is 0.465. The maximum Gasteiger partial charge on any atom is 0.271 e. The molecule has 0 atom stereocenters. The first-order valence-electron chi connectivity index (χ1n) is 7.70. The summed E-state index contributed by atoms with van der Waals surface area (Å²) < 4.78 is 5.97. The van der Waals surface area contributed by atoms with Gasteiger partial charge in [-0.2, -0.15) is 0 Å². The molecular weight excluding hydrogens is 358 g/mol. The van der Waals surface area contributed by atoms with E-state index in [1.165, 1.54) is 18.3 Å². The molecule has 0 amide bonds. The van der Waals surface area contributed by atoms with Crippen LogP contribution in [0.15, 0.2) is 44.5 Å². The largest absolute Gasteiger partial charge is 0.439 e. The molecule has 3 aromatic rings. The Morgan fingerprint density at radius 3 is 2.77 bits per heavy atom. The van der Waals surface area contributed by atoms with Gasteiger partial charge in [0, 0.05) is 30.4 Å². The van der Waals surface area contributed by atoms with E-state index >= 15 is 0 Å². The Morgan fingerprint density at radius 2 is 2.04 bits per heavy atom. The van der Waals surface area contributed by atoms with Gasteiger partial charge in [0.15, 0.2) is 0 Å². The molecule has 1 aromatic heterocycles. The highest BCUT2D eigenvalue weighted by molar-refractivity contribution is 6.32. The number of nitrogens with zero attached hydrogens (tertiary/aromatic N) is 3. The maximum absolute atomic E-state index is 13.0. The first-order chi connectivity index (χ1) is 12.4. The van der Waals surface area contributed by atoms with Gasteiger partial charge in [-0.1, -0.05) is 11.6 Å². The topological polar surface area (TPSA) is 88.9 Å². The van der Waals surface area contributed by atoms with Gasteiger partial charge < -0.3 is 9.32 Å². The van der Waals surface area contributed by atoms with Crippen LogP contribution in [0.3, 0.4) is 0 Å². The predicted octanol–water partition coefficient (Wildman–Crippen LogP) is 4.49. The molecule has 2 heterocycles. The predicted molar refractivity (Wildman–Crippen MR) is 101 cm³/mol. The van der Waals surface area contributed by atoms with Crippen LogP contribution in [0.2, 0.25) is 5.02 Å². The van der Waals surface area contributed by atoms with Crippen LogP contribution in [0.25, 0.3) is 11.0 Å². The van der Waals surface area contributed by atoms with E-state index in [1.54, 1.807) is 37.1 Å². The summed E-state index contributed by atoms with van der Waals surface area (Å²) in [7, 11) is 1.72. The number of anilines is 2. The number of halogens is 1. The number of benzene rings is 2. The van der Waals surface area contributed by atoms with Crippen LogP contribution in [-0.4, -0.2) is 18.2 Å². The first-order valence-corrected chi connectivity index (χ1v) is 8.08. The normalized spacial score (nSPS) is 12.7. The zero-order chi connectivity index (χ0) is 18.6. The molecule has 4 rings (SSSR count). The van der Waals surface area contributed by atoms with Gasteiger partial charge in [0.1, 0.15) is 11.1 Å². The van der Waals surface area contributed by atoms with Gasteiger partial charge in [-0.25, -0.2) is 0 Å². The minimum absolute atomic E-state index is 0.0765. The van der Waals surface area contributed by atoms with E-state index in [0.29, 0.717) is 38.8 Å². The van der Waals surface area contributed by atoms with Crippen LogP contribution in [-0.2, 0) is 0 Å². The Hall–Kier alpha value is -3.19. The molecule has 26 heavy (non-hydrogen) atoms. The van der Waals surface area contributed by atoms with Gasteiger partial charge in [-0.3, -0.25) is 19.9 Å². The van der Waals surface area contributed by atoms with Crippen LogP contribution >= 0.6 is 11.6 Å². The number of hydrogen-bond acceptors (Lipinski definition) is 6. The van der Waals surface area contributed by atoms with Gasteiger partial charge in [0.25, 0.3) is 5.69 Å². The molecule has 0 spiro atoms. The lowest BCUT2D eigenvalue weighted by Crippen LogP contribution is -2.17. The second-order valence-corrected chi connectivity index (χ2v) is 6.35. The van der Waals surface area contributed by atoms with E-state index in [1.807, 2.05) is 0 Å². The Morgan fingerprint density at radius 1 is 1.27 bits per heavy atom. The number of nitro groups is 1. The third kappa shape index (κ3) is 2.28. The molecule has 2 aromatic carbocycles. The third-order valence-electron chi connectivity index (χ3n) is 4.44. The van der Waals surface area contributed by atoms with Gasteiger partial charge in [0.2, 0.25) is 11.3 Å². The summed E-state index contributed by atoms with van der Waals surface area (Å²) in [6.07, 6.45) is 1.38. The fourth-order valence-corrected chi connectivity index (χ4v) is 3.20. The van der Waals surface area contributed by atoms with Crippen molar-refractivity contribution >= 4 is 51.7 Å². The fourth-order valence-electron chi connectivity index (χ4n) is 3.04. The fraction of sp³-hybridized carbons (Fsp3) is 0.111. The highest BCUT2D eigenvalue weighted by atomic mass is 35.5. The minimum atomic E-state index is -0.489. The van der Waals surface area contributed by atoms with Crippen molar-refractivity contribution in [3.63, 3.8) is 0 Å². The molecule has 1 aliphatic rings. The first kappa shape index (κ1) is 16.3. The van der Waals surface area contributed by atoms with Crippen LogP contribution in [0.5, 0.6) is 0 Å². The van der Waals surface area contributed by atoms with E-state index in [2.05, 4.69) is 4.99 Å². The Balaban J connectivity index is 2.03. The average molecular weight is 370 g/mol. The van der Waals surface area contributed by atoms with Crippen molar-refractivity contribution in [3.8, 4) is 0 Å². The minimum Gasteiger partial charge on any atom is -0.439 e. The van der Waals surface area contributed by atoms with Gasteiger partial charge >= 0.3 is 0 Å². The molecule has 0 saturated heterocycles. The van der Waals surface area contributed by atoms with Gasteiger partial charge in [-0.15, -0.1) is 0 Å². The van der Waals surface area contributed by atoms with Crippen LogP contribution < -0.4 is 10.3 Å². The smallest absolute Gasteiger partial charge is 0.271 e. The molecular formula is C18H12ClN3O4. The molecule has 0 fully saturated rings. The van der Waals surface area contributed by atoms with Crippen LogP contribution in [0.1, 0.15) is 11.1 Å². The van der Waals surface area contributed by atoms with Crippen molar-refractivity contribution in [2.45, 2.75) is 6.92 Å². The van der Waals surface area contributed by atoms with E-state index in [0.717, 1.165) is 0 Å². The molecule has 130 valence electrons.